The summed E-state index contributed by atoms with van der Waals surface area (Å²) in [6, 6.07) is 0.756. The molecule has 1 atom stereocenters. The van der Waals surface area contributed by atoms with E-state index in [4.69, 9.17) is 5.73 Å². The first kappa shape index (κ1) is 11.0. The summed E-state index contributed by atoms with van der Waals surface area (Å²) < 4.78 is 0. The Bertz CT molecular complexity index is 127. The Labute approximate surface area is 81.7 Å². The van der Waals surface area contributed by atoms with Crippen molar-refractivity contribution in [1.82, 2.24) is 10.2 Å². The molecule has 0 aliphatic carbocycles. The monoisotopic (exact) mass is 185 g/mol. The fourth-order valence-corrected chi connectivity index (χ4v) is 1.90. The first-order valence-corrected chi connectivity index (χ1v) is 5.45. The molecule has 1 saturated heterocycles. The quantitative estimate of drug-likeness (QED) is 0.610. The zero-order valence-electron chi connectivity index (χ0n) is 8.76. The van der Waals surface area contributed by atoms with Crippen LogP contribution in [0.5, 0.6) is 0 Å². The number of hydrogen-bond acceptors (Lipinski definition) is 3. The van der Waals surface area contributed by atoms with Gasteiger partial charge in [0.2, 0.25) is 0 Å². The molecule has 78 valence electrons. The predicted octanol–water partition coefficient (Wildman–Crippen LogP) is 0.409. The lowest BCUT2D eigenvalue weighted by molar-refractivity contribution is 0.182. The fourth-order valence-electron chi connectivity index (χ4n) is 1.90. The Morgan fingerprint density at radius 2 is 2.31 bits per heavy atom. The van der Waals surface area contributed by atoms with Crippen LogP contribution < -0.4 is 11.1 Å². The third-order valence-corrected chi connectivity index (χ3v) is 2.86. The molecule has 1 fully saturated rings. The molecule has 13 heavy (non-hydrogen) atoms. The van der Waals surface area contributed by atoms with Gasteiger partial charge in [0.25, 0.3) is 0 Å². The topological polar surface area (TPSA) is 41.3 Å². The molecule has 0 amide bonds. The molecule has 1 aliphatic heterocycles. The lowest BCUT2D eigenvalue weighted by atomic mass is 10.0. The normalized spacial score (nSPS) is 24.9. The number of nitrogens with zero attached hydrogens (tertiary/aromatic N) is 1. The Hall–Kier alpha value is -0.120. The van der Waals surface area contributed by atoms with Gasteiger partial charge in [-0.05, 0) is 45.9 Å². The number of likely N-dealkylation sites (N-methyl/N-ethyl adjacent to an activating group) is 1. The number of nitrogens with one attached hydrogen (secondary N) is 1. The molecular weight excluding hydrogens is 162 g/mol. The third-order valence-electron chi connectivity index (χ3n) is 2.86. The van der Waals surface area contributed by atoms with E-state index in [1.54, 1.807) is 0 Å². The van der Waals surface area contributed by atoms with E-state index in [9.17, 15) is 0 Å². The second-order valence-electron chi connectivity index (χ2n) is 3.98. The minimum atomic E-state index is 0.756. The van der Waals surface area contributed by atoms with E-state index < -0.39 is 0 Å². The molecule has 0 aromatic rings. The van der Waals surface area contributed by atoms with Gasteiger partial charge in [-0.2, -0.15) is 0 Å². The largest absolute Gasteiger partial charge is 0.330 e. The third kappa shape index (κ3) is 4.07. The van der Waals surface area contributed by atoms with Crippen LogP contribution in [0.15, 0.2) is 0 Å². The summed E-state index contributed by atoms with van der Waals surface area (Å²) in [5.41, 5.74) is 5.42. The van der Waals surface area contributed by atoms with E-state index in [-0.39, 0.29) is 0 Å². The Morgan fingerprint density at radius 1 is 1.46 bits per heavy atom. The van der Waals surface area contributed by atoms with Crippen LogP contribution in [0.1, 0.15) is 25.7 Å². The van der Waals surface area contributed by atoms with Gasteiger partial charge in [0, 0.05) is 12.6 Å². The zero-order chi connectivity index (χ0) is 9.52. The summed E-state index contributed by atoms with van der Waals surface area (Å²) in [6.07, 6.45) is 5.21. The number of nitrogens with two attached hydrogens (primary N) is 1. The Kier molecular flexibility index (Phi) is 5.35. The molecule has 3 N–H and O–H groups in total. The number of rotatable bonds is 5. The van der Waals surface area contributed by atoms with Crippen molar-refractivity contribution in [2.75, 3.05) is 33.2 Å². The fraction of sp³-hybridized carbons (Fsp3) is 1.00. The minimum absolute atomic E-state index is 0.756. The van der Waals surface area contributed by atoms with Crippen molar-refractivity contribution in [3.8, 4) is 0 Å². The van der Waals surface area contributed by atoms with Gasteiger partial charge in [0.15, 0.2) is 0 Å². The molecule has 0 aromatic heterocycles. The van der Waals surface area contributed by atoms with E-state index in [1.807, 2.05) is 0 Å². The lowest BCUT2D eigenvalue weighted by Gasteiger charge is -2.32. The molecule has 0 saturated carbocycles. The highest BCUT2D eigenvalue weighted by Gasteiger charge is 2.17. The number of hydrogen-bond donors (Lipinski definition) is 2. The van der Waals surface area contributed by atoms with Crippen molar-refractivity contribution in [1.29, 1.82) is 0 Å². The Morgan fingerprint density at radius 3 is 3.00 bits per heavy atom. The molecule has 3 nitrogen and oxygen atoms in total. The minimum Gasteiger partial charge on any atom is -0.330 e. The average molecular weight is 185 g/mol. The molecular formula is C10H23N3. The summed E-state index contributed by atoms with van der Waals surface area (Å²) in [7, 11) is 2.23. The zero-order valence-corrected chi connectivity index (χ0v) is 8.76. The highest BCUT2D eigenvalue weighted by molar-refractivity contribution is 4.75. The second kappa shape index (κ2) is 6.35. The van der Waals surface area contributed by atoms with Crippen LogP contribution in [0, 0.1) is 0 Å². The van der Waals surface area contributed by atoms with E-state index in [0.29, 0.717) is 0 Å². The summed E-state index contributed by atoms with van der Waals surface area (Å²) in [4.78, 5) is 2.47. The highest BCUT2D eigenvalue weighted by atomic mass is 15.2. The van der Waals surface area contributed by atoms with Crippen molar-refractivity contribution in [2.45, 2.75) is 31.7 Å². The molecule has 1 rings (SSSR count). The van der Waals surface area contributed by atoms with Gasteiger partial charge in [-0.3, -0.25) is 0 Å². The summed E-state index contributed by atoms with van der Waals surface area (Å²) in [6.45, 7) is 4.27. The maximum atomic E-state index is 5.42. The Balaban J connectivity index is 2.05. The predicted molar refractivity (Wildman–Crippen MR) is 56.8 cm³/mol. The maximum absolute atomic E-state index is 5.42. The van der Waals surface area contributed by atoms with Crippen molar-refractivity contribution in [3.05, 3.63) is 0 Å². The molecule has 0 radical (unpaired) electrons. The molecule has 1 aliphatic rings. The molecule has 1 heterocycles. The highest BCUT2D eigenvalue weighted by Crippen LogP contribution is 2.13. The van der Waals surface area contributed by atoms with Gasteiger partial charge in [-0.15, -0.1) is 0 Å². The molecule has 0 spiro atoms. The van der Waals surface area contributed by atoms with Crippen molar-refractivity contribution in [2.24, 2.45) is 5.73 Å². The number of likely N-dealkylation sites (tertiary alicyclic amines) is 1. The molecule has 1 unspecified atom stereocenters. The summed E-state index contributed by atoms with van der Waals surface area (Å²) >= 11 is 0. The van der Waals surface area contributed by atoms with Gasteiger partial charge in [-0.1, -0.05) is 6.42 Å². The van der Waals surface area contributed by atoms with Crippen LogP contribution >= 0.6 is 0 Å². The average Bonchev–Trinajstić information content (AvgIpc) is 2.15. The van der Waals surface area contributed by atoms with Crippen LogP contribution in [-0.2, 0) is 0 Å². The maximum Gasteiger partial charge on any atom is 0.0217 e. The first-order chi connectivity index (χ1) is 6.34. The van der Waals surface area contributed by atoms with Crippen LogP contribution in [0.4, 0.5) is 0 Å². The van der Waals surface area contributed by atoms with Crippen molar-refractivity contribution < 1.29 is 0 Å². The SMILES string of the molecule is CN1CCCCC1CNCCCN. The van der Waals surface area contributed by atoms with Gasteiger partial charge in [-0.25, -0.2) is 0 Å². The molecule has 0 bridgehead atoms. The van der Waals surface area contributed by atoms with E-state index in [2.05, 4.69) is 17.3 Å². The lowest BCUT2D eigenvalue weighted by Crippen LogP contribution is -2.43. The van der Waals surface area contributed by atoms with E-state index in [0.717, 1.165) is 32.1 Å². The van der Waals surface area contributed by atoms with Crippen LogP contribution in [0.25, 0.3) is 0 Å². The van der Waals surface area contributed by atoms with Crippen molar-refractivity contribution in [3.63, 3.8) is 0 Å². The number of piperidine rings is 1. The van der Waals surface area contributed by atoms with Gasteiger partial charge in [0.05, 0.1) is 0 Å². The van der Waals surface area contributed by atoms with Crippen LogP contribution in [0.3, 0.4) is 0 Å². The standard InChI is InChI=1S/C10H23N3/c1-13-8-3-2-5-10(13)9-12-7-4-6-11/h10,12H,2-9,11H2,1H3. The molecule has 0 aromatic carbocycles. The van der Waals surface area contributed by atoms with E-state index >= 15 is 0 Å². The summed E-state index contributed by atoms with van der Waals surface area (Å²) in [5.74, 6) is 0. The van der Waals surface area contributed by atoms with Crippen molar-refractivity contribution >= 4 is 0 Å². The molecule has 3 heteroatoms. The first-order valence-electron chi connectivity index (χ1n) is 5.45. The van der Waals surface area contributed by atoms with Gasteiger partial charge < -0.3 is 16.0 Å². The smallest absolute Gasteiger partial charge is 0.0217 e. The van der Waals surface area contributed by atoms with Gasteiger partial charge in [0.1, 0.15) is 0 Å². The van der Waals surface area contributed by atoms with Crippen LogP contribution in [0.2, 0.25) is 0 Å². The van der Waals surface area contributed by atoms with Gasteiger partial charge >= 0.3 is 0 Å². The van der Waals surface area contributed by atoms with Crippen LogP contribution in [-0.4, -0.2) is 44.2 Å². The summed E-state index contributed by atoms with van der Waals surface area (Å²) in [5, 5.41) is 3.46. The second-order valence-corrected chi connectivity index (χ2v) is 3.98. The van der Waals surface area contributed by atoms with E-state index in [1.165, 1.54) is 25.8 Å².